The Morgan fingerprint density at radius 2 is 1.07 bits per heavy atom. The molecule has 2 aromatic carbocycles. The molecule has 0 atom stereocenters. The van der Waals surface area contributed by atoms with Gasteiger partial charge in [-0.25, -0.2) is 0 Å². The van der Waals surface area contributed by atoms with Gasteiger partial charge in [-0.05, 0) is 46.2 Å². The monoisotopic (exact) mass is 358 g/mol. The van der Waals surface area contributed by atoms with Crippen LogP contribution in [0.25, 0.3) is 23.3 Å². The molecular formula is C27H34. The van der Waals surface area contributed by atoms with Crippen LogP contribution in [0.3, 0.4) is 0 Å². The van der Waals surface area contributed by atoms with E-state index in [-0.39, 0.29) is 5.41 Å². The van der Waals surface area contributed by atoms with Crippen LogP contribution < -0.4 is 0 Å². The molecule has 0 aliphatic heterocycles. The number of fused-ring (bicyclic) bond motifs is 3. The molecule has 0 amide bonds. The Hall–Kier alpha value is -1.82. The van der Waals surface area contributed by atoms with Gasteiger partial charge in [-0.3, -0.25) is 0 Å². The van der Waals surface area contributed by atoms with E-state index in [0.717, 1.165) is 0 Å². The van der Waals surface area contributed by atoms with E-state index in [1.165, 1.54) is 86.5 Å². The summed E-state index contributed by atoms with van der Waals surface area (Å²) in [6.07, 6.45) is 18.0. The Balaban J connectivity index is 1.77. The van der Waals surface area contributed by atoms with Gasteiger partial charge in [0.25, 0.3) is 0 Å². The van der Waals surface area contributed by atoms with Crippen molar-refractivity contribution in [2.24, 2.45) is 0 Å². The third-order valence-corrected chi connectivity index (χ3v) is 6.79. The van der Waals surface area contributed by atoms with Crippen molar-refractivity contribution in [2.75, 3.05) is 0 Å². The minimum Gasteiger partial charge on any atom is -0.0654 e. The van der Waals surface area contributed by atoms with E-state index >= 15 is 0 Å². The zero-order valence-electron chi connectivity index (χ0n) is 17.2. The zero-order valence-corrected chi connectivity index (χ0v) is 17.2. The lowest BCUT2D eigenvalue weighted by Crippen LogP contribution is -2.25. The van der Waals surface area contributed by atoms with Crippen molar-refractivity contribution < 1.29 is 0 Å². The molecule has 0 unspecified atom stereocenters. The van der Waals surface area contributed by atoms with Gasteiger partial charge in [0.1, 0.15) is 0 Å². The Morgan fingerprint density at radius 1 is 0.593 bits per heavy atom. The van der Waals surface area contributed by atoms with Crippen LogP contribution in [0.2, 0.25) is 0 Å². The van der Waals surface area contributed by atoms with E-state index in [1.807, 2.05) is 0 Å². The fourth-order valence-corrected chi connectivity index (χ4v) is 5.30. The third-order valence-electron chi connectivity index (χ3n) is 6.79. The minimum absolute atomic E-state index is 0.240. The van der Waals surface area contributed by atoms with Crippen molar-refractivity contribution in [3.8, 4) is 11.1 Å². The summed E-state index contributed by atoms with van der Waals surface area (Å²) in [6, 6.07) is 14.4. The maximum absolute atomic E-state index is 2.51. The molecule has 4 rings (SSSR count). The molecule has 0 N–H and O–H groups in total. The first-order chi connectivity index (χ1) is 13.3. The fraction of sp³-hybridized carbons (Fsp3) is 0.481. The lowest BCUT2D eigenvalue weighted by molar-refractivity contribution is 0.401. The molecule has 2 aliphatic rings. The van der Waals surface area contributed by atoms with E-state index < -0.39 is 0 Å². The second-order valence-electron chi connectivity index (χ2n) is 8.65. The Morgan fingerprint density at radius 3 is 1.52 bits per heavy atom. The van der Waals surface area contributed by atoms with Crippen LogP contribution in [0.4, 0.5) is 0 Å². The van der Waals surface area contributed by atoms with Crippen molar-refractivity contribution in [1.82, 2.24) is 0 Å². The first kappa shape index (κ1) is 18.5. The molecule has 142 valence electrons. The van der Waals surface area contributed by atoms with Gasteiger partial charge in [0.2, 0.25) is 0 Å². The van der Waals surface area contributed by atoms with Crippen molar-refractivity contribution in [1.29, 1.82) is 0 Å². The van der Waals surface area contributed by atoms with Crippen LogP contribution in [0, 0.1) is 0 Å². The van der Waals surface area contributed by atoms with E-state index in [2.05, 4.69) is 62.4 Å². The Labute approximate surface area is 165 Å². The van der Waals surface area contributed by atoms with E-state index in [9.17, 15) is 0 Å². The highest BCUT2D eigenvalue weighted by Crippen LogP contribution is 2.55. The second-order valence-corrected chi connectivity index (χ2v) is 8.65. The summed E-state index contributed by atoms with van der Waals surface area (Å²) < 4.78 is 0. The zero-order chi connectivity index (χ0) is 18.7. The highest BCUT2D eigenvalue weighted by Gasteiger charge is 2.42. The van der Waals surface area contributed by atoms with E-state index in [0.29, 0.717) is 0 Å². The lowest BCUT2D eigenvalue weighted by Gasteiger charge is -2.33. The summed E-state index contributed by atoms with van der Waals surface area (Å²) in [6.45, 7) is 4.63. The predicted octanol–water partition coefficient (Wildman–Crippen LogP) is 8.38. The third kappa shape index (κ3) is 3.40. The van der Waals surface area contributed by atoms with Crippen molar-refractivity contribution in [3.05, 3.63) is 58.7 Å². The average Bonchev–Trinajstić information content (AvgIpc) is 2.98. The average molecular weight is 359 g/mol. The van der Waals surface area contributed by atoms with Gasteiger partial charge in [0.15, 0.2) is 0 Å². The van der Waals surface area contributed by atoms with Crippen molar-refractivity contribution in [2.45, 2.75) is 83.5 Å². The van der Waals surface area contributed by atoms with Crippen LogP contribution in [0.15, 0.2) is 36.4 Å². The molecular weight excluding hydrogens is 324 g/mol. The SMILES string of the molecule is CCCCCCC1(CCCCCC)c2cc3ccc2-c2ccc(cc21)/C=C/3. The first-order valence-corrected chi connectivity index (χ1v) is 11.3. The number of unbranched alkanes of at least 4 members (excludes halogenated alkanes) is 6. The summed E-state index contributed by atoms with van der Waals surface area (Å²) >= 11 is 0. The Kier molecular flexibility index (Phi) is 5.53. The molecule has 0 saturated heterocycles. The van der Waals surface area contributed by atoms with Crippen molar-refractivity contribution >= 4 is 12.2 Å². The van der Waals surface area contributed by atoms with Crippen LogP contribution in [0.1, 0.15) is 100 Å². The number of hydrogen-bond donors (Lipinski definition) is 0. The molecule has 27 heavy (non-hydrogen) atoms. The predicted molar refractivity (Wildman–Crippen MR) is 119 cm³/mol. The molecule has 0 fully saturated rings. The van der Waals surface area contributed by atoms with E-state index in [4.69, 9.17) is 0 Å². The van der Waals surface area contributed by atoms with Crippen LogP contribution in [-0.2, 0) is 5.41 Å². The summed E-state index contributed by atoms with van der Waals surface area (Å²) in [5.74, 6) is 0. The molecule has 4 bridgehead atoms. The molecule has 0 heterocycles. The topological polar surface area (TPSA) is 0 Å². The maximum atomic E-state index is 2.51. The standard InChI is InChI=1S/C27H34/c1-3-5-7-9-17-27(18-10-8-6-4-2)25-19-21-11-12-22-14-16-24(26(27)20-22)23(25)15-13-21/h11-16,19-20H,3-10,17-18H2,1-2H3/b12-11+,21-11?,22-12?. The smallest absolute Gasteiger partial charge is 0.0215 e. The highest BCUT2D eigenvalue weighted by molar-refractivity contribution is 5.86. The van der Waals surface area contributed by atoms with Gasteiger partial charge in [-0.1, -0.05) is 114 Å². The molecule has 2 aromatic rings. The van der Waals surface area contributed by atoms with Gasteiger partial charge in [-0.15, -0.1) is 0 Å². The molecule has 2 aliphatic carbocycles. The van der Waals surface area contributed by atoms with E-state index in [1.54, 1.807) is 11.1 Å². The van der Waals surface area contributed by atoms with Crippen LogP contribution in [0.5, 0.6) is 0 Å². The molecule has 0 aromatic heterocycles. The summed E-state index contributed by atoms with van der Waals surface area (Å²) in [5.41, 5.74) is 9.21. The highest BCUT2D eigenvalue weighted by atomic mass is 14.4. The largest absolute Gasteiger partial charge is 0.0654 e. The van der Waals surface area contributed by atoms with Gasteiger partial charge < -0.3 is 0 Å². The molecule has 0 spiro atoms. The first-order valence-electron chi connectivity index (χ1n) is 11.3. The van der Waals surface area contributed by atoms with Gasteiger partial charge in [0, 0.05) is 5.41 Å². The van der Waals surface area contributed by atoms with Gasteiger partial charge in [-0.2, -0.15) is 0 Å². The maximum Gasteiger partial charge on any atom is 0.0215 e. The fourth-order valence-electron chi connectivity index (χ4n) is 5.30. The number of hydrogen-bond acceptors (Lipinski definition) is 0. The van der Waals surface area contributed by atoms with Crippen LogP contribution >= 0.6 is 0 Å². The summed E-state index contributed by atoms with van der Waals surface area (Å²) in [7, 11) is 0. The minimum atomic E-state index is 0.240. The molecule has 0 heteroatoms. The second kappa shape index (κ2) is 8.05. The molecule has 0 radical (unpaired) electrons. The van der Waals surface area contributed by atoms with Crippen molar-refractivity contribution in [3.63, 3.8) is 0 Å². The number of rotatable bonds is 10. The molecule has 0 nitrogen and oxygen atoms in total. The Bertz CT molecular complexity index is 754. The summed E-state index contributed by atoms with van der Waals surface area (Å²) in [5, 5.41) is 0. The summed E-state index contributed by atoms with van der Waals surface area (Å²) in [4.78, 5) is 0. The van der Waals surface area contributed by atoms with Gasteiger partial charge in [0.05, 0.1) is 0 Å². The molecule has 0 saturated carbocycles. The van der Waals surface area contributed by atoms with Gasteiger partial charge >= 0.3 is 0 Å². The quantitative estimate of drug-likeness (QED) is 0.319. The number of benzene rings is 2. The lowest BCUT2D eigenvalue weighted by atomic mass is 9.70. The normalized spacial score (nSPS) is 16.4. The van der Waals surface area contributed by atoms with Crippen LogP contribution in [-0.4, -0.2) is 0 Å².